The number of methoxy groups -OCH3 is 1. The van der Waals surface area contributed by atoms with Crippen molar-refractivity contribution >= 4 is 16.8 Å². The Bertz CT molecular complexity index is 223. The summed E-state index contributed by atoms with van der Waals surface area (Å²) >= 11 is 0. The quantitative estimate of drug-likeness (QED) is 0.657. The molecule has 0 radical (unpaired) electrons. The maximum Gasteiger partial charge on any atom is 0.306 e. The van der Waals surface area contributed by atoms with E-state index in [9.17, 15) is 9.00 Å². The zero-order chi connectivity index (χ0) is 10.6. The number of rotatable bonds is 5. The molecular weight excluding hydrogens is 200 g/mol. The first-order chi connectivity index (χ1) is 6.63. The van der Waals surface area contributed by atoms with Crippen molar-refractivity contribution < 1.29 is 13.7 Å². The summed E-state index contributed by atoms with van der Waals surface area (Å²) in [5, 5.41) is -0.0666. The van der Waals surface area contributed by atoms with E-state index in [4.69, 9.17) is 0 Å². The first-order valence-electron chi connectivity index (χ1n) is 5.07. The Morgan fingerprint density at radius 3 is 2.64 bits per heavy atom. The molecule has 0 N–H and O–H groups in total. The smallest absolute Gasteiger partial charge is 0.306 e. The van der Waals surface area contributed by atoms with Crippen LogP contribution in [0.25, 0.3) is 0 Å². The Balaban J connectivity index is 2.24. The molecule has 0 bridgehead atoms. The Hall–Kier alpha value is -0.380. The fourth-order valence-corrected chi connectivity index (χ4v) is 2.92. The van der Waals surface area contributed by atoms with Crippen molar-refractivity contribution in [3.63, 3.8) is 0 Å². The van der Waals surface area contributed by atoms with Crippen LogP contribution in [0.3, 0.4) is 0 Å². The van der Waals surface area contributed by atoms with Gasteiger partial charge >= 0.3 is 5.97 Å². The summed E-state index contributed by atoms with van der Waals surface area (Å²) < 4.78 is 16.2. The predicted molar refractivity (Wildman–Crippen MR) is 56.4 cm³/mol. The van der Waals surface area contributed by atoms with E-state index in [-0.39, 0.29) is 17.6 Å². The number of hydrogen-bond donors (Lipinski definition) is 0. The largest absolute Gasteiger partial charge is 0.469 e. The first-order valence-corrected chi connectivity index (χ1v) is 6.45. The molecule has 14 heavy (non-hydrogen) atoms. The Morgan fingerprint density at radius 2 is 2.21 bits per heavy atom. The average Bonchev–Trinajstić information content (AvgIpc) is 2.10. The highest BCUT2D eigenvalue weighted by molar-refractivity contribution is 7.85. The normalized spacial score (nSPS) is 21.0. The van der Waals surface area contributed by atoms with Crippen LogP contribution in [0.1, 0.15) is 32.6 Å². The van der Waals surface area contributed by atoms with Gasteiger partial charge in [0.2, 0.25) is 0 Å². The molecule has 0 aliphatic heterocycles. The lowest BCUT2D eigenvalue weighted by Gasteiger charge is -2.25. The fraction of sp³-hybridized carbons (Fsp3) is 0.900. The van der Waals surface area contributed by atoms with E-state index in [2.05, 4.69) is 4.74 Å². The van der Waals surface area contributed by atoms with Gasteiger partial charge in [-0.15, -0.1) is 0 Å². The van der Waals surface area contributed by atoms with Crippen molar-refractivity contribution in [1.29, 1.82) is 0 Å². The van der Waals surface area contributed by atoms with Crippen LogP contribution in [0, 0.1) is 5.92 Å². The van der Waals surface area contributed by atoms with Crippen molar-refractivity contribution in [1.82, 2.24) is 0 Å². The molecule has 0 saturated heterocycles. The summed E-state index contributed by atoms with van der Waals surface area (Å²) in [5.74, 6) is 1.13. The van der Waals surface area contributed by atoms with Gasteiger partial charge in [-0.25, -0.2) is 0 Å². The minimum absolute atomic E-state index is 0.0666. The van der Waals surface area contributed by atoms with Gasteiger partial charge in [-0.1, -0.05) is 13.3 Å². The Morgan fingerprint density at radius 1 is 1.57 bits per heavy atom. The van der Waals surface area contributed by atoms with E-state index in [0.29, 0.717) is 5.92 Å². The van der Waals surface area contributed by atoms with Gasteiger partial charge in [0.15, 0.2) is 0 Å². The third-order valence-corrected chi connectivity index (χ3v) is 4.62. The summed E-state index contributed by atoms with van der Waals surface area (Å²) in [6, 6.07) is 0. The average molecular weight is 218 g/mol. The first kappa shape index (κ1) is 11.7. The molecule has 0 heterocycles. The van der Waals surface area contributed by atoms with Crippen LogP contribution in [-0.4, -0.2) is 28.3 Å². The molecule has 0 spiro atoms. The maximum absolute atomic E-state index is 11.7. The molecule has 0 aromatic heterocycles. The lowest BCUT2D eigenvalue weighted by atomic mass is 9.87. The van der Waals surface area contributed by atoms with Gasteiger partial charge in [0.25, 0.3) is 0 Å². The van der Waals surface area contributed by atoms with E-state index in [1.165, 1.54) is 26.4 Å². The highest BCUT2D eigenvalue weighted by atomic mass is 32.2. The molecule has 3 nitrogen and oxygen atoms in total. The molecule has 1 aliphatic rings. The molecular formula is C10H18O3S. The number of carbonyl (C=O) groups excluding carboxylic acids is 1. The van der Waals surface area contributed by atoms with Crippen LogP contribution in [-0.2, 0) is 20.3 Å². The predicted octanol–water partition coefficient (Wildman–Crippen LogP) is 1.49. The van der Waals surface area contributed by atoms with Crippen molar-refractivity contribution in [3.8, 4) is 0 Å². The SMILES string of the molecule is COC(=O)CC(C)S(=O)CC1CCC1. The zero-order valence-corrected chi connectivity index (χ0v) is 9.64. The number of hydrogen-bond acceptors (Lipinski definition) is 3. The van der Waals surface area contributed by atoms with Crippen molar-refractivity contribution in [2.75, 3.05) is 12.9 Å². The van der Waals surface area contributed by atoms with Gasteiger partial charge in [0.1, 0.15) is 0 Å². The number of esters is 1. The van der Waals surface area contributed by atoms with Crippen LogP contribution in [0.4, 0.5) is 0 Å². The van der Waals surface area contributed by atoms with E-state index in [1.807, 2.05) is 6.92 Å². The molecule has 0 amide bonds. The minimum atomic E-state index is -0.867. The van der Waals surface area contributed by atoms with Crippen LogP contribution in [0.2, 0.25) is 0 Å². The minimum Gasteiger partial charge on any atom is -0.469 e. The van der Waals surface area contributed by atoms with Gasteiger partial charge in [0, 0.05) is 21.8 Å². The maximum atomic E-state index is 11.7. The second-order valence-electron chi connectivity index (χ2n) is 3.94. The summed E-state index contributed by atoms with van der Waals surface area (Å²) in [7, 11) is 0.498. The van der Waals surface area contributed by atoms with Crippen LogP contribution < -0.4 is 0 Å². The van der Waals surface area contributed by atoms with Crippen molar-refractivity contribution in [2.45, 2.75) is 37.9 Å². The van der Waals surface area contributed by atoms with E-state index in [0.717, 1.165) is 5.75 Å². The standard InChI is InChI=1S/C10H18O3S/c1-8(6-10(11)13-2)14(12)7-9-4-3-5-9/h8-9H,3-7H2,1-2H3. The Labute approximate surface area is 87.7 Å². The van der Waals surface area contributed by atoms with Gasteiger partial charge in [-0.2, -0.15) is 0 Å². The van der Waals surface area contributed by atoms with E-state index >= 15 is 0 Å². The van der Waals surface area contributed by atoms with Gasteiger partial charge in [-0.05, 0) is 18.8 Å². The van der Waals surface area contributed by atoms with E-state index in [1.54, 1.807) is 0 Å². The molecule has 1 rings (SSSR count). The molecule has 4 heteroatoms. The van der Waals surface area contributed by atoms with Crippen LogP contribution in [0.5, 0.6) is 0 Å². The number of carbonyl (C=O) groups is 1. The molecule has 1 aliphatic carbocycles. The fourth-order valence-electron chi connectivity index (χ4n) is 1.47. The molecule has 1 saturated carbocycles. The lowest BCUT2D eigenvalue weighted by molar-refractivity contribution is -0.140. The summed E-state index contributed by atoms with van der Waals surface area (Å²) in [6.45, 7) is 1.85. The second kappa shape index (κ2) is 5.49. The lowest BCUT2D eigenvalue weighted by Crippen LogP contribution is -2.25. The topological polar surface area (TPSA) is 43.4 Å². The van der Waals surface area contributed by atoms with Crippen molar-refractivity contribution in [3.05, 3.63) is 0 Å². The molecule has 1 fully saturated rings. The summed E-state index contributed by atoms with van der Waals surface area (Å²) in [5.41, 5.74) is 0. The molecule has 2 atom stereocenters. The second-order valence-corrected chi connectivity index (χ2v) is 5.83. The van der Waals surface area contributed by atoms with Crippen LogP contribution in [0.15, 0.2) is 0 Å². The highest BCUT2D eigenvalue weighted by Gasteiger charge is 2.23. The van der Waals surface area contributed by atoms with E-state index < -0.39 is 10.8 Å². The highest BCUT2D eigenvalue weighted by Crippen LogP contribution is 2.27. The summed E-state index contributed by atoms with van der Waals surface area (Å²) in [4.78, 5) is 10.9. The third-order valence-electron chi connectivity index (χ3n) is 2.76. The van der Waals surface area contributed by atoms with Crippen molar-refractivity contribution in [2.24, 2.45) is 5.92 Å². The monoisotopic (exact) mass is 218 g/mol. The molecule has 2 unspecified atom stereocenters. The van der Waals surface area contributed by atoms with Gasteiger partial charge in [-0.3, -0.25) is 9.00 Å². The van der Waals surface area contributed by atoms with Gasteiger partial charge < -0.3 is 4.74 Å². The van der Waals surface area contributed by atoms with Gasteiger partial charge in [0.05, 0.1) is 13.5 Å². The summed E-state index contributed by atoms with van der Waals surface area (Å²) in [6.07, 6.45) is 3.95. The Kier molecular flexibility index (Phi) is 4.58. The molecule has 0 aromatic carbocycles. The number of ether oxygens (including phenoxy) is 1. The zero-order valence-electron chi connectivity index (χ0n) is 8.82. The van der Waals surface area contributed by atoms with Crippen LogP contribution >= 0.6 is 0 Å². The molecule has 82 valence electrons. The third kappa shape index (κ3) is 3.40. The molecule has 0 aromatic rings.